The molecule has 0 unspecified atom stereocenters. The highest BCUT2D eigenvalue weighted by Crippen LogP contribution is 2.68. The maximum atomic E-state index is 14.5. The summed E-state index contributed by atoms with van der Waals surface area (Å²) in [6, 6.07) is 0. The lowest BCUT2D eigenvalue weighted by Gasteiger charge is -2.61. The molecule has 0 spiro atoms. The van der Waals surface area contributed by atoms with E-state index in [0.717, 1.165) is 44.2 Å². The van der Waals surface area contributed by atoms with Crippen molar-refractivity contribution in [2.24, 2.45) is 39.7 Å². The van der Waals surface area contributed by atoms with Gasteiger partial charge < -0.3 is 18.1 Å². The van der Waals surface area contributed by atoms with Crippen molar-refractivity contribution in [3.63, 3.8) is 0 Å². The zero-order chi connectivity index (χ0) is 29.9. The van der Waals surface area contributed by atoms with E-state index < -0.39 is 30.6 Å². The predicted molar refractivity (Wildman–Crippen MR) is 171 cm³/mol. The Balaban J connectivity index is 1.68. The molecule has 0 saturated heterocycles. The van der Waals surface area contributed by atoms with Gasteiger partial charge in [-0.2, -0.15) is 0 Å². The van der Waals surface area contributed by atoms with Crippen molar-refractivity contribution in [2.75, 3.05) is 13.7 Å². The molecule has 8 atom stereocenters. The first-order valence-corrected chi connectivity index (χ1v) is 26.1. The van der Waals surface area contributed by atoms with Crippen LogP contribution in [-0.4, -0.2) is 61.9 Å². The van der Waals surface area contributed by atoms with Gasteiger partial charge in [-0.1, -0.05) is 19.0 Å². The number of fused-ring (bicyclic) bond motifs is 5. The van der Waals surface area contributed by atoms with Gasteiger partial charge in [0.25, 0.3) is 0 Å². The van der Waals surface area contributed by atoms with Gasteiger partial charge in [-0.05, 0) is 127 Å². The molecule has 0 radical (unpaired) electrons. The Morgan fingerprint density at radius 3 is 2.15 bits per heavy atom. The fourth-order valence-corrected chi connectivity index (χ4v) is 12.7. The van der Waals surface area contributed by atoms with Crippen molar-refractivity contribution in [3.05, 3.63) is 0 Å². The molecule has 230 valence electrons. The summed E-state index contributed by atoms with van der Waals surface area (Å²) in [5.41, 5.74) is 0.00195. The SMILES string of the molecule is CO/N=C(\CO[Si](C)(C)C)[C@@]1(O[Si](C)(C)C)CC[C@H]2[C@@H]3CC[C@@H]4C[C@H](O[Si](C)(C)C)CC[C@]4(C)[C@H]3C(=O)C[C@@]21C. The Hall–Kier alpha value is -0.329. The lowest BCUT2D eigenvalue weighted by molar-refractivity contribution is -0.166. The van der Waals surface area contributed by atoms with Crippen LogP contribution in [0.5, 0.6) is 0 Å². The van der Waals surface area contributed by atoms with Crippen LogP contribution >= 0.6 is 0 Å². The van der Waals surface area contributed by atoms with E-state index in [1.807, 2.05) is 0 Å². The quantitative estimate of drug-likeness (QED) is 0.151. The van der Waals surface area contributed by atoms with Gasteiger partial charge in [0.15, 0.2) is 25.0 Å². The van der Waals surface area contributed by atoms with Crippen LogP contribution in [0.1, 0.15) is 65.2 Å². The summed E-state index contributed by atoms with van der Waals surface area (Å²) in [6.07, 6.45) is 8.58. The van der Waals surface area contributed by atoms with Gasteiger partial charge in [-0.15, -0.1) is 0 Å². The number of Topliss-reactive ketones (excluding diaryl/α,β-unsaturated/α-hetero) is 1. The van der Waals surface area contributed by atoms with Crippen molar-refractivity contribution in [1.29, 1.82) is 0 Å². The van der Waals surface area contributed by atoms with Crippen LogP contribution in [0.4, 0.5) is 0 Å². The smallest absolute Gasteiger partial charge is 0.185 e. The molecule has 4 fully saturated rings. The summed E-state index contributed by atoms with van der Waals surface area (Å²) in [7, 11) is -3.79. The molecular formula is C31H59NO5Si3. The standard InChI is InChI=1S/C31H59NO5Si3/c1-29-17-15-23(36-39(7,8)9)19-22(29)13-14-24-25-16-18-31(37-40(10,11)12,30(25,2)20-26(33)28(24)29)27(32-34-3)21-35-38(4,5)6/h22-25,28H,13-21H2,1-12H3/b32-27+/t22-,23-,24+,25+,28-,29+,30+,31+/m1/s1. The first-order chi connectivity index (χ1) is 18.2. The van der Waals surface area contributed by atoms with Gasteiger partial charge in [0.1, 0.15) is 24.2 Å². The van der Waals surface area contributed by atoms with E-state index in [1.165, 1.54) is 6.42 Å². The Kier molecular flexibility index (Phi) is 8.95. The predicted octanol–water partition coefficient (Wildman–Crippen LogP) is 7.87. The minimum atomic E-state index is -2.02. The van der Waals surface area contributed by atoms with E-state index >= 15 is 0 Å². The van der Waals surface area contributed by atoms with Crippen LogP contribution in [0.3, 0.4) is 0 Å². The Bertz CT molecular complexity index is 985. The number of ketones is 1. The van der Waals surface area contributed by atoms with Gasteiger partial charge in [0, 0.05) is 23.9 Å². The molecule has 9 heteroatoms. The number of oxime groups is 1. The lowest BCUT2D eigenvalue weighted by atomic mass is 9.44. The van der Waals surface area contributed by atoms with E-state index in [2.05, 4.69) is 77.9 Å². The highest BCUT2D eigenvalue weighted by atomic mass is 28.4. The zero-order valence-corrected chi connectivity index (χ0v) is 30.7. The van der Waals surface area contributed by atoms with Crippen molar-refractivity contribution < 1.29 is 22.9 Å². The topological polar surface area (TPSA) is 66.3 Å². The van der Waals surface area contributed by atoms with Crippen LogP contribution in [0.25, 0.3) is 0 Å². The van der Waals surface area contributed by atoms with E-state index in [4.69, 9.17) is 18.1 Å². The first-order valence-electron chi connectivity index (χ1n) is 15.9. The molecule has 0 aromatic heterocycles. The average molecular weight is 610 g/mol. The molecule has 0 heterocycles. The number of rotatable bonds is 9. The highest BCUT2D eigenvalue weighted by Gasteiger charge is 2.70. The molecule has 0 aromatic rings. The molecule has 4 aliphatic rings. The molecule has 4 aliphatic carbocycles. The third kappa shape index (κ3) is 6.16. The summed E-state index contributed by atoms with van der Waals surface area (Å²) in [5, 5.41) is 4.64. The van der Waals surface area contributed by atoms with Crippen LogP contribution in [0, 0.1) is 34.5 Å². The number of carbonyl (C=O) groups excluding carboxylic acids is 1. The van der Waals surface area contributed by atoms with Gasteiger partial charge in [-0.25, -0.2) is 0 Å². The monoisotopic (exact) mass is 609 g/mol. The number of nitrogens with zero attached hydrogens (tertiary/aromatic N) is 1. The molecule has 0 N–H and O–H groups in total. The summed E-state index contributed by atoms with van der Waals surface area (Å²) in [4.78, 5) is 20.0. The van der Waals surface area contributed by atoms with Crippen LogP contribution in [0.2, 0.25) is 58.9 Å². The summed E-state index contributed by atoms with van der Waals surface area (Å²) >= 11 is 0. The van der Waals surface area contributed by atoms with Crippen molar-refractivity contribution >= 4 is 36.4 Å². The van der Waals surface area contributed by atoms with E-state index in [-0.39, 0.29) is 16.7 Å². The van der Waals surface area contributed by atoms with Crippen molar-refractivity contribution in [3.8, 4) is 0 Å². The Labute approximate surface area is 248 Å². The van der Waals surface area contributed by atoms with E-state index in [1.54, 1.807) is 7.11 Å². The second-order valence-corrected chi connectivity index (χ2v) is 30.3. The molecule has 0 aromatic carbocycles. The first kappa shape index (κ1) is 32.6. The van der Waals surface area contributed by atoms with Crippen LogP contribution < -0.4 is 0 Å². The fourth-order valence-electron chi connectivity index (χ4n) is 9.46. The second kappa shape index (κ2) is 11.0. The molecule has 0 amide bonds. The summed E-state index contributed by atoms with van der Waals surface area (Å²) in [5.74, 6) is 2.05. The van der Waals surface area contributed by atoms with Gasteiger partial charge in [-0.3, -0.25) is 4.79 Å². The van der Waals surface area contributed by atoms with E-state index in [0.29, 0.717) is 42.7 Å². The maximum absolute atomic E-state index is 14.5. The number of carbonyl (C=O) groups is 1. The molecule has 4 rings (SSSR count). The van der Waals surface area contributed by atoms with E-state index in [9.17, 15) is 4.79 Å². The van der Waals surface area contributed by atoms with Crippen LogP contribution in [0.15, 0.2) is 5.16 Å². The molecule has 40 heavy (non-hydrogen) atoms. The Morgan fingerprint density at radius 2 is 1.57 bits per heavy atom. The maximum Gasteiger partial charge on any atom is 0.185 e. The van der Waals surface area contributed by atoms with Gasteiger partial charge in [0.05, 0.1) is 6.61 Å². The lowest BCUT2D eigenvalue weighted by Crippen LogP contribution is -2.64. The second-order valence-electron chi connectivity index (χ2n) is 16.9. The minimum Gasteiger partial charge on any atom is -0.415 e. The molecule has 6 nitrogen and oxygen atoms in total. The molecule has 0 bridgehead atoms. The molecule has 0 aliphatic heterocycles. The number of hydrogen-bond donors (Lipinski definition) is 0. The van der Waals surface area contributed by atoms with Crippen LogP contribution in [-0.2, 0) is 22.9 Å². The Morgan fingerprint density at radius 1 is 0.900 bits per heavy atom. The average Bonchev–Trinajstić information content (AvgIpc) is 3.05. The minimum absolute atomic E-state index is 0.0793. The number of hydrogen-bond acceptors (Lipinski definition) is 6. The fraction of sp³-hybridized carbons (Fsp3) is 0.935. The van der Waals surface area contributed by atoms with Gasteiger partial charge in [0.2, 0.25) is 0 Å². The largest absolute Gasteiger partial charge is 0.415 e. The van der Waals surface area contributed by atoms with Crippen molar-refractivity contribution in [1.82, 2.24) is 0 Å². The zero-order valence-electron chi connectivity index (χ0n) is 27.7. The van der Waals surface area contributed by atoms with Crippen molar-refractivity contribution in [2.45, 2.75) is 136 Å². The third-order valence-electron chi connectivity index (χ3n) is 10.7. The summed E-state index contributed by atoms with van der Waals surface area (Å²) in [6.45, 7) is 25.5. The highest BCUT2D eigenvalue weighted by molar-refractivity contribution is 6.70. The third-order valence-corrected chi connectivity index (χ3v) is 13.7. The molecule has 4 saturated carbocycles. The van der Waals surface area contributed by atoms with Gasteiger partial charge >= 0.3 is 0 Å². The summed E-state index contributed by atoms with van der Waals surface area (Å²) < 4.78 is 20.3. The normalized spacial score (nSPS) is 40.9. The molecular weight excluding hydrogens is 551 g/mol.